The zero-order valence-corrected chi connectivity index (χ0v) is 20.5. The van der Waals surface area contributed by atoms with Crippen molar-refractivity contribution in [2.45, 2.75) is 39.1 Å². The molecule has 0 aliphatic carbocycles. The molecular weight excluding hydrogens is 488 g/mol. The summed E-state index contributed by atoms with van der Waals surface area (Å²) in [5.41, 5.74) is 7.13. The highest BCUT2D eigenvalue weighted by atomic mass is 16.6. The maximum absolute atomic E-state index is 11.4. The van der Waals surface area contributed by atoms with Gasteiger partial charge in [0.1, 0.15) is 32.5 Å². The third-order valence-electron chi connectivity index (χ3n) is 4.25. The zero-order chi connectivity index (χ0) is 27.6. The van der Waals surface area contributed by atoms with Crippen molar-refractivity contribution in [2.24, 2.45) is 5.73 Å². The normalized spacial score (nSPS) is 11.4. The fourth-order valence-corrected chi connectivity index (χ4v) is 2.39. The van der Waals surface area contributed by atoms with Crippen molar-refractivity contribution in [1.29, 1.82) is 0 Å². The van der Waals surface area contributed by atoms with Crippen molar-refractivity contribution in [1.82, 2.24) is 5.32 Å². The zero-order valence-electron chi connectivity index (χ0n) is 20.5. The summed E-state index contributed by atoms with van der Waals surface area (Å²) in [4.78, 5) is 54.8. The Labute approximate surface area is 213 Å². The maximum atomic E-state index is 11.4. The molecule has 37 heavy (non-hydrogen) atoms. The van der Waals surface area contributed by atoms with Gasteiger partial charge in [-0.25, -0.2) is 9.59 Å². The van der Waals surface area contributed by atoms with Crippen LogP contribution >= 0.6 is 0 Å². The summed E-state index contributed by atoms with van der Waals surface area (Å²) < 4.78 is 19.0. The number of carbonyl (C=O) groups is 5. The van der Waals surface area contributed by atoms with Gasteiger partial charge in [0.05, 0.1) is 0 Å². The van der Waals surface area contributed by atoms with E-state index in [1.807, 2.05) is 36.4 Å². The Kier molecular flexibility index (Phi) is 14.1. The lowest BCUT2D eigenvalue weighted by Crippen LogP contribution is -2.44. The lowest BCUT2D eigenvalue weighted by atomic mass is 10.2. The molecule has 200 valence electrons. The minimum absolute atomic E-state index is 0.0204. The second kappa shape index (κ2) is 17.1. The number of aliphatic carboxylic acids is 1. The first-order chi connectivity index (χ1) is 17.6. The third kappa shape index (κ3) is 14.5. The quantitative estimate of drug-likeness (QED) is 0.290. The van der Waals surface area contributed by atoms with E-state index in [0.717, 1.165) is 18.1 Å². The van der Waals surface area contributed by atoms with Crippen molar-refractivity contribution in [3.05, 3.63) is 71.8 Å². The number of nitrogens with one attached hydrogen (secondary N) is 1. The molecule has 0 unspecified atom stereocenters. The summed E-state index contributed by atoms with van der Waals surface area (Å²) in [5.74, 6) is -3.01. The van der Waals surface area contributed by atoms with Gasteiger partial charge in [0, 0.05) is 13.8 Å². The standard InChI is InChI=1S/C13H15NO6.C12H15NO4/c1-9(15)19-8-11(12(16)17)14-13(18)20-7-10-5-3-2-4-6-10;1-9(14)16-8-11(13)12(15)17-7-10-5-3-2-4-6-10/h2-6,11H,7-8H2,1H3,(H,14,18)(H,16,17);2-6,11H,7-8,13H2,1H3/t2*11-/m00/s1. The number of hydrogen-bond donors (Lipinski definition) is 3. The molecule has 12 nitrogen and oxygen atoms in total. The van der Waals surface area contributed by atoms with Gasteiger partial charge < -0.3 is 35.1 Å². The molecule has 0 aliphatic heterocycles. The second-order valence-corrected chi connectivity index (χ2v) is 7.40. The average Bonchev–Trinajstić information content (AvgIpc) is 2.88. The van der Waals surface area contributed by atoms with E-state index in [0.29, 0.717) is 0 Å². The molecule has 0 aliphatic rings. The minimum atomic E-state index is -1.35. The molecule has 2 atom stereocenters. The molecule has 2 aromatic rings. The number of carboxylic acid groups (broad SMARTS) is 1. The summed E-state index contributed by atoms with van der Waals surface area (Å²) in [5, 5.41) is 11.0. The molecule has 0 saturated heterocycles. The Morgan fingerprint density at radius 2 is 1.22 bits per heavy atom. The highest BCUT2D eigenvalue weighted by molar-refractivity contribution is 5.80. The topological polar surface area (TPSA) is 181 Å². The molecule has 0 fully saturated rings. The predicted molar refractivity (Wildman–Crippen MR) is 129 cm³/mol. The Morgan fingerprint density at radius 1 is 0.757 bits per heavy atom. The van der Waals surface area contributed by atoms with E-state index in [1.165, 1.54) is 6.92 Å². The Morgan fingerprint density at radius 3 is 1.68 bits per heavy atom. The number of alkyl carbamates (subject to hydrolysis) is 1. The summed E-state index contributed by atoms with van der Waals surface area (Å²) in [6.07, 6.45) is -0.895. The van der Waals surface area contributed by atoms with Crippen LogP contribution in [0.2, 0.25) is 0 Å². The second-order valence-electron chi connectivity index (χ2n) is 7.40. The number of benzene rings is 2. The van der Waals surface area contributed by atoms with E-state index < -0.39 is 48.7 Å². The van der Waals surface area contributed by atoms with Crippen LogP contribution in [0.15, 0.2) is 60.7 Å². The summed E-state index contributed by atoms with van der Waals surface area (Å²) in [6, 6.07) is 15.9. The molecule has 1 amide bonds. The van der Waals surface area contributed by atoms with Crippen molar-refractivity contribution >= 4 is 30.0 Å². The number of rotatable bonds is 11. The number of esters is 3. The van der Waals surface area contributed by atoms with Gasteiger partial charge in [0.2, 0.25) is 0 Å². The van der Waals surface area contributed by atoms with Gasteiger partial charge >= 0.3 is 30.0 Å². The minimum Gasteiger partial charge on any atom is -0.480 e. The molecular formula is C25H30N2O10. The van der Waals surface area contributed by atoms with Gasteiger partial charge in [0.15, 0.2) is 6.04 Å². The SMILES string of the molecule is CC(=O)OC[C@H](N)C(=O)OCc1ccccc1.CC(=O)OC[C@H](NC(=O)OCc1ccccc1)C(=O)O. The van der Waals surface area contributed by atoms with Crippen LogP contribution in [-0.4, -0.2) is 60.4 Å². The van der Waals surface area contributed by atoms with E-state index >= 15 is 0 Å². The molecule has 4 N–H and O–H groups in total. The van der Waals surface area contributed by atoms with Crippen molar-refractivity contribution in [3.63, 3.8) is 0 Å². The first-order valence-electron chi connectivity index (χ1n) is 11.0. The Bertz CT molecular complexity index is 1010. The summed E-state index contributed by atoms with van der Waals surface area (Å²) in [7, 11) is 0. The Hall–Kier alpha value is -4.45. The first-order valence-corrected chi connectivity index (χ1v) is 11.0. The highest BCUT2D eigenvalue weighted by Crippen LogP contribution is 2.02. The molecule has 12 heteroatoms. The molecule has 0 aromatic heterocycles. The van der Waals surface area contributed by atoms with Crippen LogP contribution in [0.3, 0.4) is 0 Å². The number of hydrogen-bond acceptors (Lipinski definition) is 10. The van der Waals surface area contributed by atoms with Gasteiger partial charge in [-0.3, -0.25) is 14.4 Å². The number of amides is 1. The van der Waals surface area contributed by atoms with E-state index in [1.54, 1.807) is 24.3 Å². The number of ether oxygens (including phenoxy) is 4. The average molecular weight is 519 g/mol. The van der Waals surface area contributed by atoms with Crippen molar-refractivity contribution in [2.75, 3.05) is 13.2 Å². The van der Waals surface area contributed by atoms with E-state index in [2.05, 4.69) is 14.8 Å². The molecule has 0 heterocycles. The van der Waals surface area contributed by atoms with E-state index in [9.17, 15) is 24.0 Å². The van der Waals surface area contributed by atoms with Crippen LogP contribution in [0.1, 0.15) is 25.0 Å². The van der Waals surface area contributed by atoms with E-state index in [-0.39, 0.29) is 19.8 Å². The fraction of sp³-hybridized carbons (Fsp3) is 0.320. The molecule has 0 radical (unpaired) electrons. The van der Waals surface area contributed by atoms with Gasteiger partial charge in [-0.2, -0.15) is 0 Å². The van der Waals surface area contributed by atoms with Gasteiger partial charge in [0.25, 0.3) is 0 Å². The highest BCUT2D eigenvalue weighted by Gasteiger charge is 2.22. The van der Waals surface area contributed by atoms with Crippen LogP contribution in [0.25, 0.3) is 0 Å². The van der Waals surface area contributed by atoms with Crippen LogP contribution in [0.5, 0.6) is 0 Å². The maximum Gasteiger partial charge on any atom is 0.408 e. The number of nitrogens with two attached hydrogens (primary N) is 1. The van der Waals surface area contributed by atoms with Gasteiger partial charge in [-0.15, -0.1) is 0 Å². The summed E-state index contributed by atoms with van der Waals surface area (Å²) in [6.45, 7) is 1.96. The van der Waals surface area contributed by atoms with Crippen LogP contribution in [0, 0.1) is 0 Å². The third-order valence-corrected chi connectivity index (χ3v) is 4.25. The number of carbonyl (C=O) groups excluding carboxylic acids is 4. The lowest BCUT2D eigenvalue weighted by Gasteiger charge is -2.14. The monoisotopic (exact) mass is 518 g/mol. The van der Waals surface area contributed by atoms with Crippen molar-refractivity contribution in [3.8, 4) is 0 Å². The van der Waals surface area contributed by atoms with Crippen molar-refractivity contribution < 1.29 is 48.0 Å². The van der Waals surface area contributed by atoms with Gasteiger partial charge in [-0.1, -0.05) is 60.7 Å². The lowest BCUT2D eigenvalue weighted by molar-refractivity contribution is -0.151. The first kappa shape index (κ1) is 30.6. The molecule has 0 bridgehead atoms. The van der Waals surface area contributed by atoms with Crippen LogP contribution < -0.4 is 11.1 Å². The molecule has 0 saturated carbocycles. The predicted octanol–water partition coefficient (Wildman–Crippen LogP) is 1.55. The smallest absolute Gasteiger partial charge is 0.408 e. The summed E-state index contributed by atoms with van der Waals surface area (Å²) >= 11 is 0. The molecule has 0 spiro atoms. The van der Waals surface area contributed by atoms with E-state index in [4.69, 9.17) is 20.3 Å². The number of carboxylic acids is 1. The molecule has 2 aromatic carbocycles. The van der Waals surface area contributed by atoms with Gasteiger partial charge in [-0.05, 0) is 11.1 Å². The van der Waals surface area contributed by atoms with Crippen LogP contribution in [0.4, 0.5) is 4.79 Å². The largest absolute Gasteiger partial charge is 0.480 e. The van der Waals surface area contributed by atoms with Crippen LogP contribution in [-0.2, 0) is 51.3 Å². The Balaban J connectivity index is 0.000000375. The molecule has 2 rings (SSSR count). The fourth-order valence-electron chi connectivity index (χ4n) is 2.39.